The van der Waals surface area contributed by atoms with Crippen LogP contribution in [-0.2, 0) is 0 Å². The SMILES string of the molecule is CC.[Tl][c]1ccccc1. The third kappa shape index (κ3) is 4.63. The van der Waals surface area contributed by atoms with Crippen LogP contribution in [-0.4, -0.2) is 25.8 Å². The van der Waals surface area contributed by atoms with Crippen LogP contribution >= 0.6 is 0 Å². The maximum atomic E-state index is 2.16. The van der Waals surface area contributed by atoms with E-state index in [1.807, 2.05) is 19.9 Å². The number of hydrogen-bond acceptors (Lipinski definition) is 0. The predicted octanol–water partition coefficient (Wildman–Crippen LogP) is 1.51. The van der Waals surface area contributed by atoms with Crippen molar-refractivity contribution in [2.45, 2.75) is 13.8 Å². The molecule has 0 unspecified atom stereocenters. The molecule has 0 aliphatic heterocycles. The van der Waals surface area contributed by atoms with Crippen molar-refractivity contribution in [1.82, 2.24) is 0 Å². The second-order valence-electron chi connectivity index (χ2n) is 1.41. The molecule has 0 N–H and O–H groups in total. The molecule has 1 rings (SSSR count). The van der Waals surface area contributed by atoms with Gasteiger partial charge in [0.25, 0.3) is 0 Å². The first kappa shape index (κ1) is 9.14. The van der Waals surface area contributed by atoms with E-state index in [0.717, 1.165) is 25.8 Å². The normalized spacial score (nSPS) is 7.22. The summed E-state index contributed by atoms with van der Waals surface area (Å²) in [5, 5.41) is 0. The van der Waals surface area contributed by atoms with Crippen molar-refractivity contribution < 1.29 is 0 Å². The Kier molecular flexibility index (Phi) is 6.36. The molecular weight excluding hydrogens is 300 g/mol. The van der Waals surface area contributed by atoms with E-state index >= 15 is 0 Å². The standard InChI is InChI=1S/C6H5.C2H6.Tl/c1-2-4-6-5-3-1;1-2;/h1-5H;1-2H3;. The molecule has 0 saturated carbocycles. The molecule has 0 spiro atoms. The van der Waals surface area contributed by atoms with Gasteiger partial charge in [-0.25, -0.2) is 0 Å². The average Bonchev–Trinajstić information content (AvgIpc) is 1.94. The number of rotatable bonds is 0. The molecule has 0 amide bonds. The zero-order valence-corrected chi connectivity index (χ0v) is 10.5. The van der Waals surface area contributed by atoms with Crippen LogP contribution in [0.5, 0.6) is 0 Å². The average molecular weight is 312 g/mol. The van der Waals surface area contributed by atoms with Crippen molar-refractivity contribution in [2.75, 3.05) is 0 Å². The quantitative estimate of drug-likeness (QED) is 0.637. The Hall–Kier alpha value is 0.142. The van der Waals surface area contributed by atoms with Gasteiger partial charge in [0.05, 0.1) is 0 Å². The zero-order valence-electron chi connectivity index (χ0n) is 5.96. The molecule has 1 heteroatoms. The molecule has 1 aromatic rings. The van der Waals surface area contributed by atoms with Crippen molar-refractivity contribution >= 4 is 28.9 Å². The third-order valence-electron chi connectivity index (χ3n) is 0.800. The van der Waals surface area contributed by atoms with Crippen LogP contribution in [0, 0.1) is 0 Å². The van der Waals surface area contributed by atoms with Crippen LogP contribution < -0.4 is 3.12 Å². The van der Waals surface area contributed by atoms with Crippen molar-refractivity contribution in [2.24, 2.45) is 0 Å². The van der Waals surface area contributed by atoms with E-state index in [0.29, 0.717) is 0 Å². The Balaban J connectivity index is 0.000000291. The first-order valence-corrected chi connectivity index (χ1v) is 5.44. The summed E-state index contributed by atoms with van der Waals surface area (Å²) < 4.78 is 1.49. The Labute approximate surface area is 73.0 Å². The first-order chi connectivity index (χ1) is 4.39. The molecule has 0 nitrogen and oxygen atoms in total. The van der Waals surface area contributed by atoms with Gasteiger partial charge in [0.2, 0.25) is 0 Å². The fourth-order valence-corrected chi connectivity index (χ4v) is 1.32. The van der Waals surface area contributed by atoms with Gasteiger partial charge in [-0.15, -0.1) is 0 Å². The molecule has 0 heterocycles. The van der Waals surface area contributed by atoms with Crippen molar-refractivity contribution in [3.05, 3.63) is 30.3 Å². The predicted molar refractivity (Wildman–Crippen MR) is 43.2 cm³/mol. The fourth-order valence-electron chi connectivity index (χ4n) is 0.453. The Bertz CT molecular complexity index is 134. The van der Waals surface area contributed by atoms with Crippen LogP contribution in [0.3, 0.4) is 0 Å². The molecule has 0 aliphatic rings. The third-order valence-corrected chi connectivity index (χ3v) is 2.30. The Morgan fingerprint density at radius 3 is 1.67 bits per heavy atom. The topological polar surface area (TPSA) is 0 Å². The molecule has 0 atom stereocenters. The Morgan fingerprint density at radius 1 is 1.00 bits per heavy atom. The van der Waals surface area contributed by atoms with E-state index in [1.54, 1.807) is 0 Å². The molecule has 46 valence electrons. The van der Waals surface area contributed by atoms with Crippen molar-refractivity contribution in [1.29, 1.82) is 0 Å². The van der Waals surface area contributed by atoms with E-state index in [-0.39, 0.29) is 0 Å². The molecule has 0 saturated heterocycles. The van der Waals surface area contributed by atoms with Crippen LogP contribution in [0.25, 0.3) is 0 Å². The van der Waals surface area contributed by atoms with Crippen LogP contribution in [0.1, 0.15) is 13.8 Å². The van der Waals surface area contributed by atoms with Gasteiger partial charge in [0.15, 0.2) is 0 Å². The molecule has 0 aliphatic carbocycles. The minimum atomic E-state index is 0.992. The fraction of sp³-hybridized carbons (Fsp3) is 0.250. The van der Waals surface area contributed by atoms with E-state index in [4.69, 9.17) is 0 Å². The van der Waals surface area contributed by atoms with Crippen LogP contribution in [0.2, 0.25) is 0 Å². The second-order valence-corrected chi connectivity index (χ2v) is 4.00. The summed E-state index contributed by atoms with van der Waals surface area (Å²) in [4.78, 5) is 0. The summed E-state index contributed by atoms with van der Waals surface area (Å²) in [6, 6.07) is 10.5. The molecule has 9 heavy (non-hydrogen) atoms. The van der Waals surface area contributed by atoms with Gasteiger partial charge in [-0.1, -0.05) is 13.8 Å². The molecule has 0 fully saturated rings. The number of hydrogen-bond donors (Lipinski definition) is 0. The summed E-state index contributed by atoms with van der Waals surface area (Å²) in [7, 11) is 0. The molecule has 0 aromatic heterocycles. The van der Waals surface area contributed by atoms with Crippen molar-refractivity contribution in [3.8, 4) is 0 Å². The minimum absolute atomic E-state index is 0.992. The zero-order chi connectivity index (χ0) is 7.11. The van der Waals surface area contributed by atoms with Gasteiger partial charge in [-0.2, -0.15) is 0 Å². The second kappa shape index (κ2) is 6.26. The molecule has 0 bridgehead atoms. The van der Waals surface area contributed by atoms with E-state index < -0.39 is 0 Å². The van der Waals surface area contributed by atoms with Crippen LogP contribution in [0.4, 0.5) is 0 Å². The van der Waals surface area contributed by atoms with Gasteiger partial charge in [-0.05, 0) is 0 Å². The van der Waals surface area contributed by atoms with Gasteiger partial charge in [0, 0.05) is 0 Å². The molecular formula is C8H11Tl. The molecule has 1 aromatic carbocycles. The van der Waals surface area contributed by atoms with Gasteiger partial charge < -0.3 is 0 Å². The summed E-state index contributed by atoms with van der Waals surface area (Å²) in [5.41, 5.74) is 0. The van der Waals surface area contributed by atoms with Gasteiger partial charge in [0.1, 0.15) is 0 Å². The summed E-state index contributed by atoms with van der Waals surface area (Å²) in [6.07, 6.45) is 0. The number of benzene rings is 1. The summed E-state index contributed by atoms with van der Waals surface area (Å²) in [5.74, 6) is 0. The van der Waals surface area contributed by atoms with E-state index in [9.17, 15) is 0 Å². The Morgan fingerprint density at radius 2 is 1.44 bits per heavy atom. The van der Waals surface area contributed by atoms with E-state index in [2.05, 4.69) is 24.3 Å². The monoisotopic (exact) mass is 312 g/mol. The maximum absolute atomic E-state index is 2.16. The van der Waals surface area contributed by atoms with Crippen LogP contribution in [0.15, 0.2) is 30.3 Å². The van der Waals surface area contributed by atoms with Gasteiger partial charge in [-0.3, -0.25) is 0 Å². The molecule has 0 radical (unpaired) electrons. The van der Waals surface area contributed by atoms with Crippen molar-refractivity contribution in [3.63, 3.8) is 0 Å². The summed E-state index contributed by atoms with van der Waals surface area (Å²) in [6.45, 7) is 4.00. The van der Waals surface area contributed by atoms with Gasteiger partial charge >= 0.3 is 59.2 Å². The summed E-state index contributed by atoms with van der Waals surface area (Å²) >= 11 is 0.992. The first-order valence-electron chi connectivity index (χ1n) is 3.20. The van der Waals surface area contributed by atoms with E-state index in [1.165, 1.54) is 3.12 Å².